The van der Waals surface area contributed by atoms with Crippen molar-refractivity contribution in [1.82, 2.24) is 0 Å². The second-order valence-electron chi connectivity index (χ2n) is 6.79. The van der Waals surface area contributed by atoms with E-state index in [-0.39, 0.29) is 63.4 Å². The number of ether oxygens (including phenoxy) is 2. The van der Waals surface area contributed by atoms with Crippen molar-refractivity contribution < 1.29 is 81.4 Å². The first-order valence-electron chi connectivity index (χ1n) is 10.5. The van der Waals surface area contributed by atoms with Crippen molar-refractivity contribution in [2.75, 3.05) is 33.9 Å². The fourth-order valence-corrected chi connectivity index (χ4v) is 3.79. The molecule has 1 unspecified atom stereocenters. The monoisotopic (exact) mass is 683 g/mol. The van der Waals surface area contributed by atoms with Gasteiger partial charge in [0.05, 0.1) is 49.5 Å². The maximum absolute atomic E-state index is 11.5. The van der Waals surface area contributed by atoms with Gasteiger partial charge in [-0.2, -0.15) is 0 Å². The number of carbonyl (C=O) groups is 2. The van der Waals surface area contributed by atoms with E-state index in [9.17, 15) is 42.6 Å². The molecule has 0 saturated carbocycles. The molecule has 0 aromatic heterocycles. The van der Waals surface area contributed by atoms with Crippen molar-refractivity contribution in [3.05, 3.63) is 78.9 Å². The average molecular weight is 684 g/mol. The number of non-ortho nitro benzene ring substituents is 2. The van der Waals surface area contributed by atoms with Gasteiger partial charge in [-0.15, -0.1) is 0 Å². The third-order valence-corrected chi connectivity index (χ3v) is 5.42. The molecule has 0 N–H and O–H groups in total. The van der Waals surface area contributed by atoms with Crippen LogP contribution in [0.4, 0.5) is 15.8 Å². The summed E-state index contributed by atoms with van der Waals surface area (Å²) >= 11 is 1.33. The van der Waals surface area contributed by atoms with Gasteiger partial charge in [0.25, 0.3) is 11.4 Å². The van der Waals surface area contributed by atoms with E-state index in [1.54, 1.807) is 0 Å². The SMILES string of the molecule is COC(=O)c1cc([N+](=O)[O-])ccc1CBr.COC(=O)c1cc([N+](=O)[O-])ccc1CS(C)(=O)=O.CS(=O)[O-].[2H]CF.[Na+]. The molecule has 2 aromatic rings. The minimum atomic E-state index is -3.35. The zero-order valence-corrected chi connectivity index (χ0v) is 27.2. The Labute approximate surface area is 264 Å². The van der Waals surface area contributed by atoms with Gasteiger partial charge in [-0.1, -0.05) is 39.1 Å². The van der Waals surface area contributed by atoms with Crippen LogP contribution >= 0.6 is 15.9 Å². The van der Waals surface area contributed by atoms with Gasteiger partial charge >= 0.3 is 41.5 Å². The summed E-state index contributed by atoms with van der Waals surface area (Å²) in [6, 6.07) is 7.48. The number of nitro groups is 2. The Hall–Kier alpha value is -2.35. The van der Waals surface area contributed by atoms with Crippen molar-refractivity contribution in [3.8, 4) is 0 Å². The molecule has 2 rings (SSSR count). The molecular formula is C21H25BrFN2NaO12S2. The Morgan fingerprint density at radius 3 is 1.60 bits per heavy atom. The van der Waals surface area contributed by atoms with Crippen LogP contribution in [0.1, 0.15) is 33.2 Å². The average Bonchev–Trinajstić information content (AvgIpc) is 2.87. The molecule has 19 heteroatoms. The van der Waals surface area contributed by atoms with Gasteiger partial charge in [0, 0.05) is 35.9 Å². The van der Waals surface area contributed by atoms with E-state index in [2.05, 4.69) is 25.4 Å². The van der Waals surface area contributed by atoms with Crippen LogP contribution in [0.25, 0.3) is 0 Å². The number of carbonyl (C=O) groups excluding carboxylic acids is 2. The molecule has 40 heavy (non-hydrogen) atoms. The topological polar surface area (TPSA) is 213 Å². The fraction of sp³-hybridized carbons (Fsp3) is 0.333. The molecule has 2 aromatic carbocycles. The first-order chi connectivity index (χ1) is 18.5. The zero-order valence-electron chi connectivity index (χ0n) is 23.0. The summed E-state index contributed by atoms with van der Waals surface area (Å²) in [5.41, 5.74) is 0.510. The third-order valence-electron chi connectivity index (χ3n) is 3.98. The summed E-state index contributed by atoms with van der Waals surface area (Å²) in [6.07, 6.45) is 2.09. The predicted octanol–water partition coefficient (Wildman–Crippen LogP) is 0.287. The number of hydrogen-bond acceptors (Lipinski definition) is 12. The van der Waals surface area contributed by atoms with E-state index in [0.29, 0.717) is 10.9 Å². The Morgan fingerprint density at radius 1 is 1.00 bits per heavy atom. The normalized spacial score (nSPS) is 10.6. The van der Waals surface area contributed by atoms with Crippen molar-refractivity contribution in [3.63, 3.8) is 0 Å². The minimum Gasteiger partial charge on any atom is -0.773 e. The van der Waals surface area contributed by atoms with Crippen molar-refractivity contribution in [1.29, 1.82) is 0 Å². The molecule has 0 saturated heterocycles. The van der Waals surface area contributed by atoms with Crippen LogP contribution in [0.3, 0.4) is 0 Å². The van der Waals surface area contributed by atoms with Crippen molar-refractivity contribution in [2.45, 2.75) is 11.1 Å². The van der Waals surface area contributed by atoms with Crippen LogP contribution in [0.5, 0.6) is 0 Å². The van der Waals surface area contributed by atoms with Crippen LogP contribution in [-0.4, -0.2) is 72.8 Å². The molecule has 14 nitrogen and oxygen atoms in total. The van der Waals surface area contributed by atoms with Gasteiger partial charge in [0.2, 0.25) is 0 Å². The molecule has 0 aliphatic rings. The van der Waals surface area contributed by atoms with Gasteiger partial charge < -0.3 is 14.0 Å². The number of benzene rings is 2. The van der Waals surface area contributed by atoms with Gasteiger partial charge in [-0.3, -0.25) is 28.8 Å². The molecule has 0 aliphatic carbocycles. The molecule has 0 bridgehead atoms. The van der Waals surface area contributed by atoms with Gasteiger partial charge in [0.15, 0.2) is 9.84 Å². The molecule has 1 atom stereocenters. The summed E-state index contributed by atoms with van der Waals surface area (Å²) in [6.45, 7) is 0. The predicted molar refractivity (Wildman–Crippen MR) is 142 cm³/mol. The van der Waals surface area contributed by atoms with Crippen molar-refractivity contribution in [2.24, 2.45) is 0 Å². The minimum absolute atomic E-state index is 0. The van der Waals surface area contributed by atoms with Gasteiger partial charge in [0.1, 0.15) is 0 Å². The standard InChI is InChI=1S/C10H11NO6S.C9H8BrNO4.CH3F.CH4O2S.Na/c1-17-10(12)9-5-8(11(13)14)4-3-7(9)6-18(2,15)16;1-15-9(12)8-4-7(11(13)14)3-2-6(8)5-10;1-2;1-4(2)3;/h3-5H,6H2,1-2H3;2-4H,5H2,1H3;1H3;1H3,(H,2,3);/q;;;;+1/p-1/i;;1D;;. The first kappa shape index (κ1) is 39.8. The van der Waals surface area contributed by atoms with Crippen LogP contribution in [-0.2, 0) is 41.5 Å². The number of hydrogen-bond donors (Lipinski definition) is 0. The molecule has 218 valence electrons. The third kappa shape index (κ3) is 16.7. The second kappa shape index (κ2) is 21.4. The zero-order chi connectivity index (χ0) is 31.6. The number of sulfone groups is 1. The van der Waals surface area contributed by atoms with E-state index in [4.69, 9.17) is 10.1 Å². The Morgan fingerprint density at radius 2 is 1.32 bits per heavy atom. The van der Waals surface area contributed by atoms with E-state index >= 15 is 0 Å². The maximum atomic E-state index is 11.5. The molecule has 0 radical (unpaired) electrons. The first-order valence-corrected chi connectivity index (χ1v) is 14.5. The summed E-state index contributed by atoms with van der Waals surface area (Å²) < 4.78 is 64.9. The summed E-state index contributed by atoms with van der Waals surface area (Å²) in [5, 5.41) is 21.5. The molecule has 0 aliphatic heterocycles. The summed E-state index contributed by atoms with van der Waals surface area (Å²) in [5.74, 6) is -1.76. The second-order valence-corrected chi connectivity index (χ2v) is 10.3. The maximum Gasteiger partial charge on any atom is 1.00 e. The van der Waals surface area contributed by atoms with E-state index < -0.39 is 49.9 Å². The smallest absolute Gasteiger partial charge is 0.773 e. The number of rotatable bonds is 7. The Kier molecular flexibility index (Phi) is 21.3. The largest absolute Gasteiger partial charge is 1.00 e. The van der Waals surface area contributed by atoms with E-state index in [0.717, 1.165) is 31.8 Å². The number of methoxy groups -OCH3 is 2. The Bertz CT molecular complexity index is 1320. The van der Waals surface area contributed by atoms with Crippen LogP contribution in [0, 0.1) is 20.2 Å². The molecule has 0 spiro atoms. The van der Waals surface area contributed by atoms with Gasteiger partial charge in [-0.25, -0.2) is 18.0 Å². The molecule has 0 amide bonds. The van der Waals surface area contributed by atoms with Crippen LogP contribution in [0.2, 0.25) is 0 Å². The number of nitro benzene ring substituents is 2. The van der Waals surface area contributed by atoms with Crippen LogP contribution < -0.4 is 29.6 Å². The molecule has 0 fully saturated rings. The molecular weight excluding hydrogens is 658 g/mol. The number of alkyl halides is 2. The molecule has 0 heterocycles. The number of nitrogens with zero attached hydrogens (tertiary/aromatic N) is 2. The van der Waals surface area contributed by atoms with Gasteiger partial charge in [-0.05, 0) is 17.4 Å². The quantitative estimate of drug-likeness (QED) is 0.0961. The number of esters is 2. The van der Waals surface area contributed by atoms with E-state index in [1.165, 1.54) is 31.4 Å². The van der Waals surface area contributed by atoms with Crippen molar-refractivity contribution >= 4 is 60.2 Å². The summed E-state index contributed by atoms with van der Waals surface area (Å²) in [4.78, 5) is 42.6. The van der Waals surface area contributed by atoms with E-state index in [1.807, 2.05) is 0 Å². The fourth-order valence-electron chi connectivity index (χ4n) is 2.48. The number of halogens is 2. The van der Waals surface area contributed by atoms with Crippen LogP contribution in [0.15, 0.2) is 36.4 Å². The Balaban J connectivity index is -0.000000567. The summed E-state index contributed by atoms with van der Waals surface area (Å²) in [7, 11) is -2.00.